The zero-order valence-corrected chi connectivity index (χ0v) is 9.60. The Labute approximate surface area is 89.7 Å². The number of thioether (sulfide) groups is 1. The summed E-state index contributed by atoms with van der Waals surface area (Å²) in [5.41, 5.74) is 0. The number of rotatable bonds is 6. The summed E-state index contributed by atoms with van der Waals surface area (Å²) in [6.45, 7) is 5.15. The maximum Gasteiger partial charge on any atom is 0.140 e. The first-order chi connectivity index (χ1) is 6.86. The Kier molecular flexibility index (Phi) is 5.37. The second-order valence-corrected chi connectivity index (χ2v) is 4.05. The average molecular weight is 211 g/mol. The largest absolute Gasteiger partial charge is 0.370 e. The molecule has 1 heterocycles. The fourth-order valence-electron chi connectivity index (χ4n) is 1.06. The summed E-state index contributed by atoms with van der Waals surface area (Å²) in [4.78, 5) is 8.61. The molecule has 3 nitrogen and oxygen atoms in total. The molecule has 1 aromatic rings. The van der Waals surface area contributed by atoms with Crippen molar-refractivity contribution in [3.63, 3.8) is 0 Å². The summed E-state index contributed by atoms with van der Waals surface area (Å²) in [7, 11) is 0. The van der Waals surface area contributed by atoms with Crippen LogP contribution in [-0.2, 0) is 5.75 Å². The molecule has 0 atom stereocenters. The van der Waals surface area contributed by atoms with Crippen molar-refractivity contribution in [2.75, 3.05) is 17.6 Å². The summed E-state index contributed by atoms with van der Waals surface area (Å²) < 4.78 is 0. The molecule has 0 saturated carbocycles. The van der Waals surface area contributed by atoms with Gasteiger partial charge in [0.1, 0.15) is 11.6 Å². The number of anilines is 1. The fourth-order valence-corrected chi connectivity index (χ4v) is 1.81. The van der Waals surface area contributed by atoms with Crippen LogP contribution in [0.5, 0.6) is 0 Å². The summed E-state index contributed by atoms with van der Waals surface area (Å²) in [6, 6.07) is 1.90. The molecule has 0 saturated heterocycles. The van der Waals surface area contributed by atoms with Crippen molar-refractivity contribution in [2.24, 2.45) is 0 Å². The standard InChI is InChI=1S/C10H17N3S/c1-3-7-14-8-10-12-6-5-9(13-10)11-4-2/h5-6H,3-4,7-8H2,1-2H3,(H,11,12,13). The van der Waals surface area contributed by atoms with Crippen LogP contribution in [0.2, 0.25) is 0 Å². The van der Waals surface area contributed by atoms with Gasteiger partial charge < -0.3 is 5.32 Å². The van der Waals surface area contributed by atoms with E-state index in [0.717, 1.165) is 23.9 Å². The van der Waals surface area contributed by atoms with Crippen molar-refractivity contribution in [3.8, 4) is 0 Å². The first kappa shape index (κ1) is 11.3. The molecule has 0 bridgehead atoms. The predicted molar refractivity (Wildman–Crippen MR) is 62.6 cm³/mol. The van der Waals surface area contributed by atoms with Crippen LogP contribution in [0.1, 0.15) is 26.1 Å². The van der Waals surface area contributed by atoms with Crippen LogP contribution in [0.3, 0.4) is 0 Å². The molecule has 0 radical (unpaired) electrons. The molecule has 14 heavy (non-hydrogen) atoms. The van der Waals surface area contributed by atoms with Crippen LogP contribution in [0, 0.1) is 0 Å². The molecule has 0 aliphatic rings. The monoisotopic (exact) mass is 211 g/mol. The number of nitrogens with zero attached hydrogens (tertiary/aromatic N) is 2. The molecule has 0 unspecified atom stereocenters. The lowest BCUT2D eigenvalue weighted by molar-refractivity contribution is 1.01. The minimum absolute atomic E-state index is 0.901. The molecule has 0 fully saturated rings. The minimum atomic E-state index is 0.901. The van der Waals surface area contributed by atoms with Crippen LogP contribution < -0.4 is 5.32 Å². The van der Waals surface area contributed by atoms with Gasteiger partial charge in [0, 0.05) is 12.7 Å². The zero-order valence-electron chi connectivity index (χ0n) is 8.79. The summed E-state index contributed by atoms with van der Waals surface area (Å²) in [5, 5.41) is 3.18. The van der Waals surface area contributed by atoms with E-state index in [2.05, 4.69) is 29.1 Å². The van der Waals surface area contributed by atoms with Gasteiger partial charge in [0.25, 0.3) is 0 Å². The van der Waals surface area contributed by atoms with Crippen LogP contribution in [0.15, 0.2) is 12.3 Å². The molecular weight excluding hydrogens is 194 g/mol. The first-order valence-electron chi connectivity index (χ1n) is 5.00. The maximum absolute atomic E-state index is 4.39. The smallest absolute Gasteiger partial charge is 0.140 e. The van der Waals surface area contributed by atoms with Crippen molar-refractivity contribution < 1.29 is 0 Å². The second-order valence-electron chi connectivity index (χ2n) is 2.94. The first-order valence-corrected chi connectivity index (χ1v) is 6.15. The van der Waals surface area contributed by atoms with Crippen LogP contribution in [-0.4, -0.2) is 22.3 Å². The average Bonchev–Trinajstić information content (AvgIpc) is 2.19. The summed E-state index contributed by atoms with van der Waals surface area (Å²) in [5.74, 6) is 3.93. The lowest BCUT2D eigenvalue weighted by Crippen LogP contribution is -2.02. The van der Waals surface area contributed by atoms with Gasteiger partial charge in [0.15, 0.2) is 0 Å². The van der Waals surface area contributed by atoms with Crippen molar-refractivity contribution >= 4 is 17.6 Å². The molecule has 4 heteroatoms. The highest BCUT2D eigenvalue weighted by molar-refractivity contribution is 7.98. The van der Waals surface area contributed by atoms with Gasteiger partial charge in [-0.1, -0.05) is 6.92 Å². The molecule has 0 aliphatic heterocycles. The van der Waals surface area contributed by atoms with Crippen LogP contribution in [0.4, 0.5) is 5.82 Å². The number of nitrogens with one attached hydrogen (secondary N) is 1. The highest BCUT2D eigenvalue weighted by Crippen LogP contribution is 2.10. The van der Waals surface area contributed by atoms with Gasteiger partial charge in [-0.25, -0.2) is 9.97 Å². The summed E-state index contributed by atoms with van der Waals surface area (Å²) in [6.07, 6.45) is 3.02. The second kappa shape index (κ2) is 6.65. The SMILES string of the molecule is CCCSCc1nccc(NCC)n1. The van der Waals surface area contributed by atoms with E-state index in [9.17, 15) is 0 Å². The molecule has 0 aliphatic carbocycles. The third kappa shape index (κ3) is 3.96. The minimum Gasteiger partial charge on any atom is -0.370 e. The molecule has 0 aromatic carbocycles. The summed E-state index contributed by atoms with van der Waals surface area (Å²) >= 11 is 1.88. The van der Waals surface area contributed by atoms with Crippen molar-refractivity contribution in [1.29, 1.82) is 0 Å². The topological polar surface area (TPSA) is 37.8 Å². The molecule has 1 aromatic heterocycles. The molecule has 78 valence electrons. The Morgan fingerprint density at radius 1 is 1.43 bits per heavy atom. The predicted octanol–water partition coefficient (Wildman–Crippen LogP) is 2.55. The van der Waals surface area contributed by atoms with E-state index in [4.69, 9.17) is 0 Å². The normalized spacial score (nSPS) is 10.1. The molecule has 0 spiro atoms. The van der Waals surface area contributed by atoms with E-state index in [-0.39, 0.29) is 0 Å². The van der Waals surface area contributed by atoms with E-state index >= 15 is 0 Å². The van der Waals surface area contributed by atoms with E-state index < -0.39 is 0 Å². The van der Waals surface area contributed by atoms with Gasteiger partial charge in [0.05, 0.1) is 5.75 Å². The van der Waals surface area contributed by atoms with Crippen molar-refractivity contribution in [3.05, 3.63) is 18.1 Å². The number of hydrogen-bond acceptors (Lipinski definition) is 4. The molecule has 1 rings (SSSR count). The Hall–Kier alpha value is -0.770. The quantitative estimate of drug-likeness (QED) is 0.734. The Balaban J connectivity index is 2.46. The zero-order chi connectivity index (χ0) is 10.2. The highest BCUT2D eigenvalue weighted by atomic mass is 32.2. The Bertz CT molecular complexity index is 265. The lowest BCUT2D eigenvalue weighted by atomic mass is 10.5. The van der Waals surface area contributed by atoms with E-state index in [1.165, 1.54) is 12.2 Å². The van der Waals surface area contributed by atoms with Gasteiger partial charge in [-0.15, -0.1) is 0 Å². The molecular formula is C10H17N3S. The van der Waals surface area contributed by atoms with Gasteiger partial charge >= 0.3 is 0 Å². The molecule has 0 amide bonds. The van der Waals surface area contributed by atoms with Gasteiger partial charge in [-0.2, -0.15) is 11.8 Å². The maximum atomic E-state index is 4.39. The van der Waals surface area contributed by atoms with Gasteiger partial charge in [-0.3, -0.25) is 0 Å². The van der Waals surface area contributed by atoms with E-state index in [1.54, 1.807) is 0 Å². The van der Waals surface area contributed by atoms with Crippen LogP contribution in [0.25, 0.3) is 0 Å². The number of hydrogen-bond donors (Lipinski definition) is 1. The van der Waals surface area contributed by atoms with Crippen LogP contribution >= 0.6 is 11.8 Å². The van der Waals surface area contributed by atoms with Crippen molar-refractivity contribution in [1.82, 2.24) is 9.97 Å². The Morgan fingerprint density at radius 2 is 2.29 bits per heavy atom. The van der Waals surface area contributed by atoms with Gasteiger partial charge in [0.2, 0.25) is 0 Å². The fraction of sp³-hybridized carbons (Fsp3) is 0.600. The number of aromatic nitrogens is 2. The third-order valence-electron chi connectivity index (χ3n) is 1.64. The Morgan fingerprint density at radius 3 is 3.00 bits per heavy atom. The van der Waals surface area contributed by atoms with Gasteiger partial charge in [-0.05, 0) is 25.2 Å². The van der Waals surface area contributed by atoms with Crippen molar-refractivity contribution in [2.45, 2.75) is 26.0 Å². The lowest BCUT2D eigenvalue weighted by Gasteiger charge is -2.03. The molecule has 1 N–H and O–H groups in total. The highest BCUT2D eigenvalue weighted by Gasteiger charge is 1.97. The van der Waals surface area contributed by atoms with E-state index in [0.29, 0.717) is 0 Å². The van der Waals surface area contributed by atoms with E-state index in [1.807, 2.05) is 24.0 Å². The third-order valence-corrected chi connectivity index (χ3v) is 2.80.